The molecule has 33 heavy (non-hydrogen) atoms. The lowest BCUT2D eigenvalue weighted by Crippen LogP contribution is -2.45. The van der Waals surface area contributed by atoms with E-state index in [0.29, 0.717) is 19.8 Å². The number of ether oxygens (including phenoxy) is 2. The van der Waals surface area contributed by atoms with Crippen LogP contribution >= 0.6 is 0 Å². The van der Waals surface area contributed by atoms with Crippen LogP contribution in [0.2, 0.25) is 0 Å². The van der Waals surface area contributed by atoms with Crippen LogP contribution in [0.1, 0.15) is 47.1 Å². The Morgan fingerprint density at radius 1 is 0.939 bits per heavy atom. The van der Waals surface area contributed by atoms with Gasteiger partial charge in [0.2, 0.25) is 0 Å². The SMILES string of the molecule is CCOC(=O)N1CCC(OCc2cc(C)cc(C)c2)C1C(c1ccccc1)c1ccccc1. The summed E-state index contributed by atoms with van der Waals surface area (Å²) in [4.78, 5) is 14.9. The van der Waals surface area contributed by atoms with Crippen molar-refractivity contribution in [2.24, 2.45) is 0 Å². The fourth-order valence-corrected chi connectivity index (χ4v) is 5.05. The normalized spacial score (nSPS) is 18.0. The summed E-state index contributed by atoms with van der Waals surface area (Å²) >= 11 is 0. The van der Waals surface area contributed by atoms with E-state index in [9.17, 15) is 4.79 Å². The molecule has 1 aliphatic heterocycles. The van der Waals surface area contributed by atoms with Crippen LogP contribution in [0.5, 0.6) is 0 Å². The number of amides is 1. The van der Waals surface area contributed by atoms with Gasteiger partial charge in [-0.15, -0.1) is 0 Å². The van der Waals surface area contributed by atoms with E-state index in [4.69, 9.17) is 9.47 Å². The third-order valence-electron chi connectivity index (χ3n) is 6.30. The van der Waals surface area contributed by atoms with Gasteiger partial charge < -0.3 is 14.4 Å². The average Bonchev–Trinajstić information content (AvgIpc) is 3.22. The average molecular weight is 444 g/mol. The zero-order chi connectivity index (χ0) is 23.2. The Bertz CT molecular complexity index is 991. The molecule has 0 radical (unpaired) electrons. The van der Waals surface area contributed by atoms with E-state index in [1.54, 1.807) is 0 Å². The predicted octanol–water partition coefficient (Wildman–Crippen LogP) is 6.25. The van der Waals surface area contributed by atoms with Gasteiger partial charge in [0.1, 0.15) is 0 Å². The molecule has 4 nitrogen and oxygen atoms in total. The lowest BCUT2D eigenvalue weighted by Gasteiger charge is -2.35. The van der Waals surface area contributed by atoms with Gasteiger partial charge in [0.15, 0.2) is 0 Å². The van der Waals surface area contributed by atoms with Crippen molar-refractivity contribution >= 4 is 6.09 Å². The highest BCUT2D eigenvalue weighted by Crippen LogP contribution is 2.38. The van der Waals surface area contributed by atoms with Crippen molar-refractivity contribution in [1.82, 2.24) is 4.90 Å². The number of nitrogens with zero attached hydrogens (tertiary/aromatic N) is 1. The van der Waals surface area contributed by atoms with Crippen LogP contribution in [0.3, 0.4) is 0 Å². The van der Waals surface area contributed by atoms with Gasteiger partial charge in [-0.25, -0.2) is 4.79 Å². The van der Waals surface area contributed by atoms with E-state index in [2.05, 4.69) is 80.6 Å². The second kappa shape index (κ2) is 10.7. The molecule has 3 aromatic carbocycles. The van der Waals surface area contributed by atoms with E-state index in [1.165, 1.54) is 22.3 Å². The Morgan fingerprint density at radius 3 is 2.06 bits per heavy atom. The number of carbonyl (C=O) groups is 1. The predicted molar refractivity (Wildman–Crippen MR) is 131 cm³/mol. The van der Waals surface area contributed by atoms with Crippen LogP contribution in [0, 0.1) is 13.8 Å². The minimum Gasteiger partial charge on any atom is -0.450 e. The molecule has 0 spiro atoms. The molecule has 2 atom stereocenters. The van der Waals surface area contributed by atoms with Gasteiger partial charge in [0.05, 0.1) is 25.4 Å². The minimum absolute atomic E-state index is 0.0106. The number of likely N-dealkylation sites (tertiary alicyclic amines) is 1. The van der Waals surface area contributed by atoms with Crippen LogP contribution in [0.25, 0.3) is 0 Å². The molecule has 1 heterocycles. The zero-order valence-corrected chi connectivity index (χ0v) is 19.7. The fourth-order valence-electron chi connectivity index (χ4n) is 5.05. The summed E-state index contributed by atoms with van der Waals surface area (Å²) in [7, 11) is 0. The lowest BCUT2D eigenvalue weighted by molar-refractivity contribution is 0.00931. The maximum Gasteiger partial charge on any atom is 0.410 e. The summed E-state index contributed by atoms with van der Waals surface area (Å²) in [5, 5.41) is 0. The van der Waals surface area contributed by atoms with Gasteiger partial charge >= 0.3 is 6.09 Å². The first-order valence-electron chi connectivity index (χ1n) is 11.8. The highest BCUT2D eigenvalue weighted by atomic mass is 16.6. The van der Waals surface area contributed by atoms with E-state index in [0.717, 1.165) is 12.0 Å². The molecule has 1 aliphatic rings. The first-order valence-corrected chi connectivity index (χ1v) is 11.8. The summed E-state index contributed by atoms with van der Waals surface area (Å²) in [6.45, 7) is 7.57. The quantitative estimate of drug-likeness (QED) is 0.433. The lowest BCUT2D eigenvalue weighted by atomic mass is 9.83. The molecule has 2 unspecified atom stereocenters. The van der Waals surface area contributed by atoms with E-state index < -0.39 is 0 Å². The summed E-state index contributed by atoms with van der Waals surface area (Å²) in [6, 6.07) is 27.2. The maximum atomic E-state index is 13.0. The molecule has 3 aromatic rings. The standard InChI is InChI=1S/C29H33NO3/c1-4-32-29(31)30-16-15-26(33-20-23-18-21(2)17-22(3)19-23)28(30)27(24-11-7-5-8-12-24)25-13-9-6-10-14-25/h5-14,17-19,26-28H,4,15-16,20H2,1-3H3. The molecule has 0 N–H and O–H groups in total. The van der Waals surface area contributed by atoms with Gasteiger partial charge in [-0.05, 0) is 43.9 Å². The molecule has 0 saturated carbocycles. The van der Waals surface area contributed by atoms with Crippen molar-refractivity contribution in [3.8, 4) is 0 Å². The number of carbonyl (C=O) groups excluding carboxylic acids is 1. The van der Waals surface area contributed by atoms with Crippen molar-refractivity contribution < 1.29 is 14.3 Å². The zero-order valence-electron chi connectivity index (χ0n) is 19.7. The number of hydrogen-bond acceptors (Lipinski definition) is 3. The molecule has 1 amide bonds. The van der Waals surface area contributed by atoms with Crippen molar-refractivity contribution in [2.75, 3.05) is 13.2 Å². The highest BCUT2D eigenvalue weighted by molar-refractivity contribution is 5.69. The smallest absolute Gasteiger partial charge is 0.410 e. The molecule has 4 rings (SSSR count). The number of rotatable bonds is 7. The molecule has 4 heteroatoms. The number of aryl methyl sites for hydroxylation is 2. The molecule has 1 saturated heterocycles. The van der Waals surface area contributed by atoms with Gasteiger partial charge in [0, 0.05) is 12.5 Å². The molecule has 172 valence electrons. The van der Waals surface area contributed by atoms with E-state index >= 15 is 0 Å². The maximum absolute atomic E-state index is 13.0. The molecule has 1 fully saturated rings. The Balaban J connectivity index is 1.69. The second-order valence-corrected chi connectivity index (χ2v) is 8.82. The summed E-state index contributed by atoms with van der Waals surface area (Å²) in [6.07, 6.45) is 0.419. The summed E-state index contributed by atoms with van der Waals surface area (Å²) in [5.41, 5.74) is 5.97. The van der Waals surface area contributed by atoms with Crippen molar-refractivity contribution in [2.45, 2.75) is 51.9 Å². The largest absolute Gasteiger partial charge is 0.450 e. The molecular weight excluding hydrogens is 410 g/mol. The Labute approximate surface area is 197 Å². The van der Waals surface area contributed by atoms with Gasteiger partial charge in [-0.1, -0.05) is 90.0 Å². The molecular formula is C29H33NO3. The third kappa shape index (κ3) is 5.45. The van der Waals surface area contributed by atoms with Gasteiger partial charge in [-0.3, -0.25) is 0 Å². The topological polar surface area (TPSA) is 38.8 Å². The first-order chi connectivity index (χ1) is 16.1. The Kier molecular flexibility index (Phi) is 7.46. The molecule has 0 aliphatic carbocycles. The van der Waals surface area contributed by atoms with Crippen LogP contribution in [0.4, 0.5) is 4.79 Å². The molecule has 0 bridgehead atoms. The van der Waals surface area contributed by atoms with Gasteiger partial charge in [-0.2, -0.15) is 0 Å². The number of hydrogen-bond donors (Lipinski definition) is 0. The second-order valence-electron chi connectivity index (χ2n) is 8.82. The van der Waals surface area contributed by atoms with Crippen LogP contribution in [0.15, 0.2) is 78.9 Å². The van der Waals surface area contributed by atoms with Crippen LogP contribution in [-0.4, -0.2) is 36.3 Å². The van der Waals surface area contributed by atoms with Crippen molar-refractivity contribution in [3.05, 3.63) is 107 Å². The fraction of sp³-hybridized carbons (Fsp3) is 0.345. The highest BCUT2D eigenvalue weighted by Gasteiger charge is 2.44. The van der Waals surface area contributed by atoms with Crippen LogP contribution < -0.4 is 0 Å². The third-order valence-corrected chi connectivity index (χ3v) is 6.30. The first kappa shape index (κ1) is 23.1. The van der Waals surface area contributed by atoms with Crippen molar-refractivity contribution in [1.29, 1.82) is 0 Å². The number of benzene rings is 3. The monoisotopic (exact) mass is 443 g/mol. The van der Waals surface area contributed by atoms with E-state index in [1.807, 2.05) is 24.0 Å². The van der Waals surface area contributed by atoms with Crippen molar-refractivity contribution in [3.63, 3.8) is 0 Å². The summed E-state index contributed by atoms with van der Waals surface area (Å²) in [5.74, 6) is -0.0106. The summed E-state index contributed by atoms with van der Waals surface area (Å²) < 4.78 is 12.0. The Morgan fingerprint density at radius 2 is 1.52 bits per heavy atom. The van der Waals surface area contributed by atoms with E-state index in [-0.39, 0.29) is 24.2 Å². The Hall–Kier alpha value is -3.11. The molecule has 0 aromatic heterocycles. The van der Waals surface area contributed by atoms with Gasteiger partial charge in [0.25, 0.3) is 0 Å². The minimum atomic E-state index is -0.267. The van der Waals surface area contributed by atoms with Crippen LogP contribution in [-0.2, 0) is 16.1 Å².